The summed E-state index contributed by atoms with van der Waals surface area (Å²) >= 11 is 0. The Bertz CT molecular complexity index is 896. The van der Waals surface area contributed by atoms with E-state index in [1.165, 1.54) is 30.5 Å². The summed E-state index contributed by atoms with van der Waals surface area (Å²) in [5, 5.41) is 9.48. The molecular formula is C15H10O5S. The molecule has 106 valence electrons. The van der Waals surface area contributed by atoms with Crippen molar-refractivity contribution in [2.45, 2.75) is 4.90 Å². The van der Waals surface area contributed by atoms with Gasteiger partial charge in [0.05, 0.1) is 16.3 Å². The van der Waals surface area contributed by atoms with Gasteiger partial charge in [-0.3, -0.25) is 9.00 Å². The van der Waals surface area contributed by atoms with Gasteiger partial charge in [0.2, 0.25) is 5.43 Å². The molecule has 0 bridgehead atoms. The quantitative estimate of drug-likeness (QED) is 0.735. The van der Waals surface area contributed by atoms with Gasteiger partial charge in [0.15, 0.2) is 0 Å². The van der Waals surface area contributed by atoms with Crippen LogP contribution in [0.25, 0.3) is 21.9 Å². The molecule has 0 aliphatic heterocycles. The average molecular weight is 302 g/mol. The third-order valence-corrected chi connectivity index (χ3v) is 4.14. The van der Waals surface area contributed by atoms with Crippen LogP contribution in [-0.2, 0) is 10.8 Å². The van der Waals surface area contributed by atoms with Crippen molar-refractivity contribution < 1.29 is 18.5 Å². The van der Waals surface area contributed by atoms with Gasteiger partial charge in [-0.05, 0) is 36.4 Å². The van der Waals surface area contributed by atoms with E-state index in [4.69, 9.17) is 9.52 Å². The van der Waals surface area contributed by atoms with Gasteiger partial charge in [0.25, 0.3) is 0 Å². The largest absolute Gasteiger partial charge is 0.478 e. The van der Waals surface area contributed by atoms with E-state index in [1.807, 2.05) is 0 Å². The summed E-state index contributed by atoms with van der Waals surface area (Å²) in [6.45, 7) is 0. The first-order valence-electron chi connectivity index (χ1n) is 6.05. The monoisotopic (exact) mass is 302 g/mol. The molecule has 21 heavy (non-hydrogen) atoms. The molecule has 1 N–H and O–H groups in total. The van der Waals surface area contributed by atoms with Crippen molar-refractivity contribution in [3.05, 3.63) is 52.2 Å². The molecule has 0 amide bonds. The number of benzene rings is 2. The predicted octanol–water partition coefficient (Wildman–Crippen LogP) is 2.38. The number of carboxylic acids is 1. The Morgan fingerprint density at radius 2 is 1.71 bits per heavy atom. The number of rotatable bonds is 2. The molecule has 3 rings (SSSR count). The Hall–Kier alpha value is -2.47. The number of aromatic carboxylic acids is 1. The molecule has 1 atom stereocenters. The van der Waals surface area contributed by atoms with Gasteiger partial charge < -0.3 is 9.52 Å². The second-order valence-corrected chi connectivity index (χ2v) is 5.94. The first-order valence-corrected chi connectivity index (χ1v) is 7.60. The fourth-order valence-corrected chi connectivity index (χ4v) is 2.69. The molecule has 0 saturated heterocycles. The second-order valence-electron chi connectivity index (χ2n) is 4.56. The van der Waals surface area contributed by atoms with Gasteiger partial charge >= 0.3 is 5.97 Å². The molecular weight excluding hydrogens is 292 g/mol. The lowest BCUT2D eigenvalue weighted by atomic mass is 10.1. The number of hydrogen-bond donors (Lipinski definition) is 1. The molecule has 0 saturated carbocycles. The Labute approximate surface area is 121 Å². The number of hydrogen-bond acceptors (Lipinski definition) is 4. The summed E-state index contributed by atoms with van der Waals surface area (Å²) in [7, 11) is -1.21. The van der Waals surface area contributed by atoms with E-state index in [0.717, 1.165) is 0 Å². The van der Waals surface area contributed by atoms with Crippen LogP contribution >= 0.6 is 0 Å². The first kappa shape index (κ1) is 13.5. The van der Waals surface area contributed by atoms with Gasteiger partial charge in [-0.25, -0.2) is 4.79 Å². The van der Waals surface area contributed by atoms with Crippen molar-refractivity contribution in [2.24, 2.45) is 0 Å². The summed E-state index contributed by atoms with van der Waals surface area (Å²) < 4.78 is 17.1. The summed E-state index contributed by atoms with van der Waals surface area (Å²) in [5.74, 6) is -1.11. The maximum atomic E-state index is 12.5. The van der Waals surface area contributed by atoms with Crippen molar-refractivity contribution in [2.75, 3.05) is 6.26 Å². The summed E-state index contributed by atoms with van der Waals surface area (Å²) in [5.41, 5.74) is 0.388. The Kier molecular flexibility index (Phi) is 3.10. The molecule has 3 aromatic rings. The van der Waals surface area contributed by atoms with Gasteiger partial charge in [-0.15, -0.1) is 0 Å². The van der Waals surface area contributed by atoms with E-state index in [0.29, 0.717) is 16.1 Å². The Morgan fingerprint density at radius 3 is 2.33 bits per heavy atom. The van der Waals surface area contributed by atoms with Crippen molar-refractivity contribution >= 4 is 38.7 Å². The number of fused-ring (bicyclic) bond motifs is 2. The van der Waals surface area contributed by atoms with Crippen molar-refractivity contribution in [3.8, 4) is 0 Å². The summed E-state index contributed by atoms with van der Waals surface area (Å²) in [4.78, 5) is 24.0. The first-order chi connectivity index (χ1) is 9.97. The minimum Gasteiger partial charge on any atom is -0.478 e. The van der Waals surface area contributed by atoms with E-state index in [2.05, 4.69) is 0 Å². The maximum absolute atomic E-state index is 12.5. The molecule has 5 nitrogen and oxygen atoms in total. The third-order valence-electron chi connectivity index (χ3n) is 3.22. The van der Waals surface area contributed by atoms with Gasteiger partial charge in [-0.1, -0.05) is 0 Å². The van der Waals surface area contributed by atoms with E-state index in [9.17, 15) is 13.8 Å². The van der Waals surface area contributed by atoms with E-state index in [1.54, 1.807) is 12.1 Å². The van der Waals surface area contributed by atoms with Crippen LogP contribution in [0.15, 0.2) is 50.5 Å². The topological polar surface area (TPSA) is 84.6 Å². The highest BCUT2D eigenvalue weighted by Crippen LogP contribution is 2.21. The minimum atomic E-state index is -1.21. The van der Waals surface area contributed by atoms with Gasteiger partial charge in [0, 0.05) is 22.0 Å². The van der Waals surface area contributed by atoms with E-state index in [-0.39, 0.29) is 21.8 Å². The van der Waals surface area contributed by atoms with E-state index < -0.39 is 16.8 Å². The van der Waals surface area contributed by atoms with Crippen LogP contribution in [0.3, 0.4) is 0 Å². The lowest BCUT2D eigenvalue weighted by Crippen LogP contribution is -2.05. The van der Waals surface area contributed by atoms with Gasteiger partial charge in [-0.2, -0.15) is 0 Å². The smallest absolute Gasteiger partial charge is 0.335 e. The fourth-order valence-electron chi connectivity index (χ4n) is 2.15. The molecule has 0 fully saturated rings. The Morgan fingerprint density at radius 1 is 1.10 bits per heavy atom. The molecule has 1 heterocycles. The van der Waals surface area contributed by atoms with Crippen molar-refractivity contribution in [3.63, 3.8) is 0 Å². The molecule has 2 aromatic carbocycles. The highest BCUT2D eigenvalue weighted by molar-refractivity contribution is 7.84. The van der Waals surface area contributed by atoms with Crippen molar-refractivity contribution in [1.82, 2.24) is 0 Å². The summed E-state index contributed by atoms with van der Waals surface area (Å²) in [6.07, 6.45) is 1.52. The SMILES string of the molecule is C[S@@](=O)c1ccc2oc3ccc(C(=O)O)cc3c(=O)c2c1. The molecule has 0 aliphatic carbocycles. The number of carbonyl (C=O) groups is 1. The zero-order chi connectivity index (χ0) is 15.1. The lowest BCUT2D eigenvalue weighted by Gasteiger charge is -2.04. The predicted molar refractivity (Wildman–Crippen MR) is 79.3 cm³/mol. The third kappa shape index (κ3) is 2.23. The number of carboxylic acid groups (broad SMARTS) is 1. The second kappa shape index (κ2) is 4.82. The van der Waals surface area contributed by atoms with Crippen LogP contribution < -0.4 is 5.43 Å². The van der Waals surface area contributed by atoms with Gasteiger partial charge in [0.1, 0.15) is 11.2 Å². The van der Waals surface area contributed by atoms with Crippen LogP contribution in [-0.4, -0.2) is 21.5 Å². The van der Waals surface area contributed by atoms with Crippen LogP contribution in [0.1, 0.15) is 10.4 Å². The molecule has 0 aliphatic rings. The molecule has 0 spiro atoms. The minimum absolute atomic E-state index is 0.0179. The molecule has 0 unspecified atom stereocenters. The zero-order valence-electron chi connectivity index (χ0n) is 11.0. The van der Waals surface area contributed by atoms with Crippen LogP contribution in [0.5, 0.6) is 0 Å². The maximum Gasteiger partial charge on any atom is 0.335 e. The summed E-state index contributed by atoms with van der Waals surface area (Å²) in [6, 6.07) is 8.89. The molecule has 0 radical (unpaired) electrons. The molecule has 6 heteroatoms. The standard InChI is InChI=1S/C15H10O5S/c1-21(19)9-3-5-13-11(7-9)14(16)10-6-8(15(17)18)2-4-12(10)20-13/h2-7H,1H3,(H,17,18)/t21-/m1/s1. The lowest BCUT2D eigenvalue weighted by molar-refractivity contribution is 0.0697. The van der Waals surface area contributed by atoms with Crippen molar-refractivity contribution in [1.29, 1.82) is 0 Å². The highest BCUT2D eigenvalue weighted by atomic mass is 32.2. The van der Waals surface area contributed by atoms with Crippen LogP contribution in [0.4, 0.5) is 0 Å². The Balaban J connectivity index is 2.42. The average Bonchev–Trinajstić information content (AvgIpc) is 2.46. The highest BCUT2D eigenvalue weighted by Gasteiger charge is 2.12. The zero-order valence-corrected chi connectivity index (χ0v) is 11.8. The fraction of sp³-hybridized carbons (Fsp3) is 0.0667. The van der Waals surface area contributed by atoms with Crippen LogP contribution in [0.2, 0.25) is 0 Å². The normalized spacial score (nSPS) is 12.6. The van der Waals surface area contributed by atoms with E-state index >= 15 is 0 Å². The van der Waals surface area contributed by atoms with Crippen LogP contribution in [0, 0.1) is 0 Å². The molecule has 1 aromatic heterocycles.